The summed E-state index contributed by atoms with van der Waals surface area (Å²) in [6, 6.07) is 8.55. The van der Waals surface area contributed by atoms with Gasteiger partial charge in [-0.25, -0.2) is 8.42 Å². The highest BCUT2D eigenvalue weighted by Crippen LogP contribution is 2.34. The number of nitrogens with zero attached hydrogens (tertiary/aromatic N) is 1. The fraction of sp³-hybridized carbons (Fsp3) is 0.381. The highest BCUT2D eigenvalue weighted by Gasteiger charge is 2.24. The molecule has 2 aromatic rings. The second-order valence-corrected chi connectivity index (χ2v) is 8.85. The lowest BCUT2D eigenvalue weighted by Crippen LogP contribution is -2.35. The molecule has 1 amide bonds. The zero-order valence-corrected chi connectivity index (χ0v) is 17.5. The van der Waals surface area contributed by atoms with Crippen molar-refractivity contribution in [1.82, 2.24) is 0 Å². The lowest BCUT2D eigenvalue weighted by Gasteiger charge is -2.28. The minimum atomic E-state index is -3.76. The Morgan fingerprint density at radius 2 is 1.71 bits per heavy atom. The van der Waals surface area contributed by atoms with E-state index in [-0.39, 0.29) is 10.8 Å². The van der Waals surface area contributed by atoms with Crippen molar-refractivity contribution in [1.29, 1.82) is 0 Å². The van der Waals surface area contributed by atoms with Crippen LogP contribution in [0, 0.1) is 20.8 Å². The molecule has 1 aliphatic heterocycles. The van der Waals surface area contributed by atoms with E-state index in [2.05, 4.69) is 4.72 Å². The molecule has 28 heavy (non-hydrogen) atoms. The number of nitrogens with one attached hydrogen (secondary N) is 1. The highest BCUT2D eigenvalue weighted by molar-refractivity contribution is 7.92. The minimum absolute atomic E-state index is 0.0227. The van der Waals surface area contributed by atoms with Crippen LogP contribution in [-0.4, -0.2) is 28.0 Å². The summed E-state index contributed by atoms with van der Waals surface area (Å²) >= 11 is 0. The predicted molar refractivity (Wildman–Crippen MR) is 111 cm³/mol. The second kappa shape index (κ2) is 7.83. The Balaban J connectivity index is 1.97. The molecule has 0 aliphatic carbocycles. The van der Waals surface area contributed by atoms with Crippen molar-refractivity contribution in [2.45, 2.75) is 44.9 Å². The van der Waals surface area contributed by atoms with Gasteiger partial charge >= 0.3 is 0 Å². The van der Waals surface area contributed by atoms with Gasteiger partial charge in [0.05, 0.1) is 23.4 Å². The van der Waals surface area contributed by atoms with E-state index in [0.29, 0.717) is 35.7 Å². The Bertz CT molecular complexity index is 1020. The van der Waals surface area contributed by atoms with E-state index in [0.717, 1.165) is 24.0 Å². The third-order valence-corrected chi connectivity index (χ3v) is 6.65. The van der Waals surface area contributed by atoms with Crippen LogP contribution >= 0.6 is 0 Å². The van der Waals surface area contributed by atoms with E-state index in [1.165, 1.54) is 7.11 Å². The van der Waals surface area contributed by atoms with Crippen LogP contribution in [0.3, 0.4) is 0 Å². The smallest absolute Gasteiger partial charge is 0.262 e. The maximum absolute atomic E-state index is 13.0. The number of sulfonamides is 1. The second-order valence-electron chi connectivity index (χ2n) is 7.20. The number of amides is 1. The summed E-state index contributed by atoms with van der Waals surface area (Å²) in [6.07, 6.45) is 2.27. The molecule has 7 heteroatoms. The summed E-state index contributed by atoms with van der Waals surface area (Å²) < 4.78 is 34.0. The van der Waals surface area contributed by atoms with E-state index in [1.807, 2.05) is 19.9 Å². The van der Waals surface area contributed by atoms with Crippen molar-refractivity contribution in [2.24, 2.45) is 0 Å². The first kappa shape index (κ1) is 20.2. The molecule has 3 rings (SSSR count). The maximum Gasteiger partial charge on any atom is 0.262 e. The monoisotopic (exact) mass is 402 g/mol. The van der Waals surface area contributed by atoms with Crippen molar-refractivity contribution in [2.75, 3.05) is 23.3 Å². The number of carbonyl (C=O) groups is 1. The van der Waals surface area contributed by atoms with Gasteiger partial charge in [-0.1, -0.05) is 6.07 Å². The molecule has 1 N–H and O–H groups in total. The molecular weight excluding hydrogens is 376 g/mol. The Hall–Kier alpha value is -2.54. The molecule has 1 saturated heterocycles. The third kappa shape index (κ3) is 3.99. The van der Waals surface area contributed by atoms with Crippen LogP contribution in [-0.2, 0) is 14.8 Å². The zero-order chi connectivity index (χ0) is 20.5. The molecule has 2 aromatic carbocycles. The van der Waals surface area contributed by atoms with Gasteiger partial charge in [0.25, 0.3) is 10.0 Å². The predicted octanol–water partition coefficient (Wildman–Crippen LogP) is 3.94. The summed E-state index contributed by atoms with van der Waals surface area (Å²) in [7, 11) is -2.22. The van der Waals surface area contributed by atoms with Crippen LogP contribution in [0.25, 0.3) is 0 Å². The van der Waals surface area contributed by atoms with E-state index >= 15 is 0 Å². The van der Waals surface area contributed by atoms with Gasteiger partial charge in [-0.2, -0.15) is 0 Å². The van der Waals surface area contributed by atoms with Gasteiger partial charge in [0.1, 0.15) is 5.75 Å². The van der Waals surface area contributed by atoms with E-state index in [1.54, 1.807) is 36.1 Å². The molecule has 0 unspecified atom stereocenters. The molecule has 1 heterocycles. The minimum Gasteiger partial charge on any atom is -0.495 e. The van der Waals surface area contributed by atoms with Gasteiger partial charge in [0, 0.05) is 13.0 Å². The van der Waals surface area contributed by atoms with Gasteiger partial charge in [-0.05, 0) is 74.6 Å². The van der Waals surface area contributed by atoms with Gasteiger partial charge in [0.15, 0.2) is 0 Å². The number of aryl methyl sites for hydroxylation is 3. The number of ether oxygens (including phenoxy) is 1. The standard InChI is InChI=1S/C21H26N2O4S/c1-14-11-16(3)20(12-15(14)2)28(25,26)22-17-8-9-19(27-4)18(13-17)23-10-6-5-7-21(23)24/h8-9,11-13,22H,5-7,10H2,1-4H3. The van der Waals surface area contributed by atoms with Crippen molar-refractivity contribution >= 4 is 27.3 Å². The average molecular weight is 403 g/mol. The third-order valence-electron chi connectivity index (χ3n) is 5.13. The number of rotatable bonds is 5. The highest BCUT2D eigenvalue weighted by atomic mass is 32.2. The molecule has 1 aliphatic rings. The summed E-state index contributed by atoms with van der Waals surface area (Å²) in [5.41, 5.74) is 3.64. The van der Waals surface area contributed by atoms with Crippen molar-refractivity contribution < 1.29 is 17.9 Å². The molecule has 0 bridgehead atoms. The molecular formula is C21H26N2O4S. The number of benzene rings is 2. The largest absolute Gasteiger partial charge is 0.495 e. The van der Waals surface area contributed by atoms with E-state index < -0.39 is 10.0 Å². The number of anilines is 2. The molecule has 0 aromatic heterocycles. The molecule has 1 fully saturated rings. The number of methoxy groups -OCH3 is 1. The lowest BCUT2D eigenvalue weighted by atomic mass is 10.1. The molecule has 150 valence electrons. The van der Waals surface area contributed by atoms with E-state index in [4.69, 9.17) is 4.74 Å². The van der Waals surface area contributed by atoms with E-state index in [9.17, 15) is 13.2 Å². The summed E-state index contributed by atoms with van der Waals surface area (Å²) in [5.74, 6) is 0.565. The molecule has 0 spiro atoms. The Kier molecular flexibility index (Phi) is 5.65. The van der Waals surface area contributed by atoms with Gasteiger partial charge in [0.2, 0.25) is 5.91 Å². The average Bonchev–Trinajstić information content (AvgIpc) is 2.64. The number of hydrogen-bond donors (Lipinski definition) is 1. The van der Waals surface area contributed by atoms with Crippen LogP contribution in [0.4, 0.5) is 11.4 Å². The summed E-state index contributed by atoms with van der Waals surface area (Å²) in [4.78, 5) is 14.2. The molecule has 0 atom stereocenters. The SMILES string of the molecule is COc1ccc(NS(=O)(=O)c2cc(C)c(C)cc2C)cc1N1CCCCC1=O. The first-order chi connectivity index (χ1) is 13.2. The normalized spacial score (nSPS) is 14.9. The zero-order valence-electron chi connectivity index (χ0n) is 16.7. The van der Waals surface area contributed by atoms with Crippen molar-refractivity contribution in [3.63, 3.8) is 0 Å². The molecule has 0 radical (unpaired) electrons. The summed E-state index contributed by atoms with van der Waals surface area (Å²) in [5, 5.41) is 0. The van der Waals surface area contributed by atoms with Crippen molar-refractivity contribution in [3.8, 4) is 5.75 Å². The fourth-order valence-corrected chi connectivity index (χ4v) is 4.82. The molecule has 6 nitrogen and oxygen atoms in total. The van der Waals surface area contributed by atoms with Crippen LogP contribution in [0.15, 0.2) is 35.2 Å². The van der Waals surface area contributed by atoms with Crippen LogP contribution < -0.4 is 14.4 Å². The number of hydrogen-bond acceptors (Lipinski definition) is 4. The first-order valence-electron chi connectivity index (χ1n) is 9.32. The van der Waals surface area contributed by atoms with Gasteiger partial charge in [-0.15, -0.1) is 0 Å². The Morgan fingerprint density at radius 3 is 2.39 bits per heavy atom. The van der Waals surface area contributed by atoms with Crippen LogP contribution in [0.5, 0.6) is 5.75 Å². The summed E-state index contributed by atoms with van der Waals surface area (Å²) in [6.45, 7) is 6.23. The Labute approximate surface area is 166 Å². The van der Waals surface area contributed by atoms with Gasteiger partial charge < -0.3 is 9.64 Å². The number of piperidine rings is 1. The molecule has 0 saturated carbocycles. The lowest BCUT2D eigenvalue weighted by molar-refractivity contribution is -0.119. The van der Waals surface area contributed by atoms with Crippen molar-refractivity contribution in [3.05, 3.63) is 47.0 Å². The van der Waals surface area contributed by atoms with Crippen LogP contribution in [0.1, 0.15) is 36.0 Å². The first-order valence-corrected chi connectivity index (χ1v) is 10.8. The maximum atomic E-state index is 13.0. The van der Waals surface area contributed by atoms with Crippen LogP contribution in [0.2, 0.25) is 0 Å². The quantitative estimate of drug-likeness (QED) is 0.822. The Morgan fingerprint density at radius 1 is 1.00 bits per heavy atom. The van der Waals surface area contributed by atoms with Gasteiger partial charge in [-0.3, -0.25) is 9.52 Å². The number of carbonyl (C=O) groups excluding carboxylic acids is 1. The fourth-order valence-electron chi connectivity index (χ4n) is 3.46. The topological polar surface area (TPSA) is 75.7 Å².